The van der Waals surface area contributed by atoms with Gasteiger partial charge in [0.2, 0.25) is 0 Å². The molecule has 0 fully saturated rings. The van der Waals surface area contributed by atoms with E-state index in [4.69, 9.17) is 0 Å². The lowest BCUT2D eigenvalue weighted by Crippen LogP contribution is -2.08. The van der Waals surface area contributed by atoms with Crippen LogP contribution in [0.25, 0.3) is 22.6 Å². The molecule has 0 aliphatic carbocycles. The first kappa shape index (κ1) is 12.8. The summed E-state index contributed by atoms with van der Waals surface area (Å²) in [6, 6.07) is 0. The minimum Gasteiger partial charge on any atom is -0.369 e. The minimum atomic E-state index is 0.690. The molecule has 3 aromatic rings. The van der Waals surface area contributed by atoms with Crippen LogP contribution in [0.4, 0.5) is 5.00 Å². The first-order valence-electron chi connectivity index (χ1n) is 6.25. The van der Waals surface area contributed by atoms with E-state index in [1.54, 1.807) is 17.5 Å². The van der Waals surface area contributed by atoms with Crippen LogP contribution in [0.5, 0.6) is 0 Å². The van der Waals surface area contributed by atoms with E-state index in [9.17, 15) is 0 Å². The zero-order valence-corrected chi connectivity index (χ0v) is 12.2. The first-order valence-corrected chi connectivity index (χ1v) is 7.13. The van der Waals surface area contributed by atoms with Crippen LogP contribution in [-0.2, 0) is 6.42 Å². The maximum Gasteiger partial charge on any atom is 0.181 e. The summed E-state index contributed by atoms with van der Waals surface area (Å²) in [5.74, 6) is 0.835. The van der Waals surface area contributed by atoms with Crippen molar-refractivity contribution >= 4 is 27.5 Å². The zero-order valence-electron chi connectivity index (χ0n) is 11.4. The molecule has 1 N–H and O–H groups in total. The van der Waals surface area contributed by atoms with Crippen LogP contribution in [0.15, 0.2) is 30.6 Å². The summed E-state index contributed by atoms with van der Waals surface area (Å²) in [6.45, 7) is 3.83. The molecular formula is C14H15N5S. The Morgan fingerprint density at radius 1 is 1.45 bits per heavy atom. The SMILES string of the molecule is C=CCc1csc(N(C)C)c1-c1nc2ncncc2[nH]1. The molecule has 0 aliphatic heterocycles. The van der Waals surface area contributed by atoms with Gasteiger partial charge in [0.1, 0.15) is 22.7 Å². The molecule has 0 saturated heterocycles. The van der Waals surface area contributed by atoms with Crippen LogP contribution in [0.1, 0.15) is 5.56 Å². The molecule has 3 heterocycles. The van der Waals surface area contributed by atoms with E-state index in [1.807, 2.05) is 20.2 Å². The van der Waals surface area contributed by atoms with Gasteiger partial charge in [-0.3, -0.25) is 0 Å². The average molecular weight is 285 g/mol. The van der Waals surface area contributed by atoms with Crippen molar-refractivity contribution in [1.29, 1.82) is 0 Å². The minimum absolute atomic E-state index is 0.690. The number of imidazole rings is 1. The van der Waals surface area contributed by atoms with Gasteiger partial charge in [0.25, 0.3) is 0 Å². The van der Waals surface area contributed by atoms with E-state index in [0.717, 1.165) is 23.3 Å². The number of nitrogens with zero attached hydrogens (tertiary/aromatic N) is 4. The predicted molar refractivity (Wildman–Crippen MR) is 83.2 cm³/mol. The molecule has 102 valence electrons. The van der Waals surface area contributed by atoms with Gasteiger partial charge in [-0.2, -0.15) is 0 Å². The Labute approximate surface area is 121 Å². The number of H-pyrrole nitrogens is 1. The molecule has 0 atom stereocenters. The fourth-order valence-electron chi connectivity index (χ4n) is 2.15. The van der Waals surface area contributed by atoms with Crippen molar-refractivity contribution in [3.63, 3.8) is 0 Å². The van der Waals surface area contributed by atoms with Crippen molar-refractivity contribution in [2.45, 2.75) is 6.42 Å². The number of allylic oxidation sites excluding steroid dienone is 1. The van der Waals surface area contributed by atoms with Gasteiger partial charge in [0.15, 0.2) is 5.65 Å². The molecule has 0 amide bonds. The van der Waals surface area contributed by atoms with Crippen LogP contribution >= 0.6 is 11.3 Å². The largest absolute Gasteiger partial charge is 0.369 e. The molecule has 0 saturated carbocycles. The average Bonchev–Trinajstić information content (AvgIpc) is 3.01. The molecule has 0 bridgehead atoms. The predicted octanol–water partition coefficient (Wildman–Crippen LogP) is 2.88. The highest BCUT2D eigenvalue weighted by Crippen LogP contribution is 2.38. The van der Waals surface area contributed by atoms with Gasteiger partial charge >= 0.3 is 0 Å². The summed E-state index contributed by atoms with van der Waals surface area (Å²) < 4.78 is 0. The van der Waals surface area contributed by atoms with Crippen LogP contribution < -0.4 is 4.90 Å². The summed E-state index contributed by atoms with van der Waals surface area (Å²) in [4.78, 5) is 18.2. The number of fused-ring (bicyclic) bond motifs is 1. The van der Waals surface area contributed by atoms with Crippen LogP contribution in [0.2, 0.25) is 0 Å². The van der Waals surface area contributed by atoms with Gasteiger partial charge in [-0.05, 0) is 17.4 Å². The smallest absolute Gasteiger partial charge is 0.181 e. The van der Waals surface area contributed by atoms with Gasteiger partial charge in [-0.25, -0.2) is 15.0 Å². The number of thiophene rings is 1. The second-order valence-electron chi connectivity index (χ2n) is 4.67. The number of nitrogens with one attached hydrogen (secondary N) is 1. The van der Waals surface area contributed by atoms with Gasteiger partial charge in [0, 0.05) is 14.1 Å². The van der Waals surface area contributed by atoms with E-state index in [0.29, 0.717) is 5.65 Å². The molecule has 0 unspecified atom stereocenters. The molecule has 3 rings (SSSR count). The number of hydrogen-bond donors (Lipinski definition) is 1. The van der Waals surface area contributed by atoms with Gasteiger partial charge in [0.05, 0.1) is 11.8 Å². The Morgan fingerprint density at radius 3 is 3.00 bits per heavy atom. The monoisotopic (exact) mass is 285 g/mol. The molecule has 0 radical (unpaired) electrons. The van der Waals surface area contributed by atoms with E-state index < -0.39 is 0 Å². The summed E-state index contributed by atoms with van der Waals surface area (Å²) >= 11 is 1.71. The summed E-state index contributed by atoms with van der Waals surface area (Å²) in [7, 11) is 4.07. The van der Waals surface area contributed by atoms with Crippen LogP contribution in [0.3, 0.4) is 0 Å². The summed E-state index contributed by atoms with van der Waals surface area (Å²) in [5.41, 5.74) is 3.89. The Bertz CT molecular complexity index is 723. The lowest BCUT2D eigenvalue weighted by atomic mass is 10.1. The number of rotatable bonds is 4. The lowest BCUT2D eigenvalue weighted by Gasteiger charge is -2.12. The Hall–Kier alpha value is -2.21. The van der Waals surface area contributed by atoms with E-state index in [-0.39, 0.29) is 0 Å². The van der Waals surface area contributed by atoms with Crippen molar-refractivity contribution in [3.8, 4) is 11.4 Å². The van der Waals surface area contributed by atoms with E-state index in [2.05, 4.69) is 36.8 Å². The van der Waals surface area contributed by atoms with Gasteiger partial charge in [-0.15, -0.1) is 17.9 Å². The molecule has 0 aromatic carbocycles. The molecule has 0 aliphatic rings. The normalized spacial score (nSPS) is 10.9. The van der Waals surface area contributed by atoms with Crippen LogP contribution in [0, 0.1) is 0 Å². The number of anilines is 1. The molecule has 0 spiro atoms. The van der Waals surface area contributed by atoms with Gasteiger partial charge < -0.3 is 9.88 Å². The molecular weight excluding hydrogens is 270 g/mol. The standard InChI is InChI=1S/C14H15N5S/c1-4-5-9-7-20-14(19(2)3)11(9)13-17-10-6-15-8-16-12(10)18-13/h4,6-8H,1,5H2,2-3H3,(H,15,16,17,18). The molecule has 3 aromatic heterocycles. The van der Waals surface area contributed by atoms with E-state index >= 15 is 0 Å². The third-order valence-corrected chi connectivity index (χ3v) is 4.21. The zero-order chi connectivity index (χ0) is 14.1. The highest BCUT2D eigenvalue weighted by molar-refractivity contribution is 7.15. The number of aromatic amines is 1. The van der Waals surface area contributed by atoms with Crippen molar-refractivity contribution in [2.75, 3.05) is 19.0 Å². The maximum absolute atomic E-state index is 4.58. The molecule has 6 heteroatoms. The highest BCUT2D eigenvalue weighted by atomic mass is 32.1. The van der Waals surface area contributed by atoms with Crippen molar-refractivity contribution in [2.24, 2.45) is 0 Å². The fraction of sp³-hybridized carbons (Fsp3) is 0.214. The van der Waals surface area contributed by atoms with Crippen LogP contribution in [-0.4, -0.2) is 34.0 Å². The van der Waals surface area contributed by atoms with E-state index in [1.165, 1.54) is 16.9 Å². The molecule has 20 heavy (non-hydrogen) atoms. The number of aromatic nitrogens is 4. The Morgan fingerprint density at radius 2 is 2.30 bits per heavy atom. The van der Waals surface area contributed by atoms with Crippen molar-refractivity contribution in [1.82, 2.24) is 19.9 Å². The quantitative estimate of drug-likeness (QED) is 0.749. The first-order chi connectivity index (χ1) is 9.70. The van der Waals surface area contributed by atoms with Gasteiger partial charge in [-0.1, -0.05) is 6.08 Å². The number of hydrogen-bond acceptors (Lipinski definition) is 5. The Kier molecular flexibility index (Phi) is 3.23. The maximum atomic E-state index is 4.58. The highest BCUT2D eigenvalue weighted by Gasteiger charge is 2.18. The van der Waals surface area contributed by atoms with Crippen molar-refractivity contribution < 1.29 is 0 Å². The summed E-state index contributed by atoms with van der Waals surface area (Å²) in [6.07, 6.45) is 5.99. The lowest BCUT2D eigenvalue weighted by molar-refractivity contribution is 1.14. The van der Waals surface area contributed by atoms with Crippen molar-refractivity contribution in [3.05, 3.63) is 36.1 Å². The topological polar surface area (TPSA) is 57.7 Å². The Balaban J connectivity index is 2.20. The third kappa shape index (κ3) is 2.08. The third-order valence-electron chi connectivity index (χ3n) is 3.02. The second-order valence-corrected chi connectivity index (χ2v) is 5.53. The molecule has 5 nitrogen and oxygen atoms in total. The summed E-state index contributed by atoms with van der Waals surface area (Å²) in [5, 5.41) is 3.33. The second kappa shape index (κ2) is 5.05. The fourth-order valence-corrected chi connectivity index (χ4v) is 3.17.